The molecular weight excluding hydrogens is 292 g/mol. The number of hydrogen-bond donors (Lipinski definition) is 2. The molecule has 0 saturated heterocycles. The Labute approximate surface area is 137 Å². The molecule has 1 saturated carbocycles. The number of carbonyl (C=O) groups is 2. The van der Waals surface area contributed by atoms with Gasteiger partial charge in [0.1, 0.15) is 0 Å². The molecule has 1 fully saturated rings. The molecule has 0 aromatic carbocycles. The number of carbonyl (C=O) groups excluding carboxylic acids is 2. The normalized spacial score (nSPS) is 20.8. The van der Waals surface area contributed by atoms with E-state index < -0.39 is 0 Å². The molecule has 2 atom stereocenters. The molecule has 0 bridgehead atoms. The van der Waals surface area contributed by atoms with Gasteiger partial charge in [0.05, 0.1) is 6.54 Å². The Morgan fingerprint density at radius 3 is 2.91 bits per heavy atom. The van der Waals surface area contributed by atoms with Crippen LogP contribution >= 0.6 is 0 Å². The molecule has 2 rings (SSSR count). The summed E-state index contributed by atoms with van der Waals surface area (Å²) in [4.78, 5) is 30.0. The average Bonchev–Trinajstić information content (AvgIpc) is 2.58. The van der Waals surface area contributed by atoms with Crippen molar-refractivity contribution in [3.8, 4) is 0 Å². The molecule has 1 aromatic rings. The van der Waals surface area contributed by atoms with Gasteiger partial charge in [-0.1, -0.05) is 12.5 Å². The molecule has 6 heteroatoms. The second-order valence-electron chi connectivity index (χ2n) is 6.23. The number of likely N-dealkylation sites (N-methyl/N-ethyl adjacent to an activating group) is 1. The van der Waals surface area contributed by atoms with Gasteiger partial charge in [-0.15, -0.1) is 0 Å². The van der Waals surface area contributed by atoms with Gasteiger partial charge in [0.15, 0.2) is 0 Å². The molecule has 0 aliphatic heterocycles. The van der Waals surface area contributed by atoms with E-state index >= 15 is 0 Å². The second kappa shape index (κ2) is 8.62. The molecule has 6 nitrogen and oxygen atoms in total. The van der Waals surface area contributed by atoms with Gasteiger partial charge >= 0.3 is 0 Å². The molecule has 0 radical (unpaired) electrons. The van der Waals surface area contributed by atoms with E-state index in [9.17, 15) is 9.59 Å². The Morgan fingerprint density at radius 1 is 1.39 bits per heavy atom. The first-order chi connectivity index (χ1) is 11.1. The summed E-state index contributed by atoms with van der Waals surface area (Å²) < 4.78 is 0. The molecule has 3 N–H and O–H groups in total. The van der Waals surface area contributed by atoms with E-state index in [4.69, 9.17) is 5.73 Å². The minimum atomic E-state index is -0.0885. The predicted molar refractivity (Wildman–Crippen MR) is 88.5 cm³/mol. The highest BCUT2D eigenvalue weighted by Gasteiger charge is 2.25. The SMILES string of the molecule is CN(CCc1ccccn1)C(=O)CNC(=O)C1CCCC(N)C1. The Balaban J connectivity index is 1.70. The monoisotopic (exact) mass is 318 g/mol. The van der Waals surface area contributed by atoms with E-state index in [1.165, 1.54) is 0 Å². The highest BCUT2D eigenvalue weighted by Crippen LogP contribution is 2.22. The van der Waals surface area contributed by atoms with Crippen molar-refractivity contribution in [1.82, 2.24) is 15.2 Å². The van der Waals surface area contributed by atoms with Crippen LogP contribution in [0.25, 0.3) is 0 Å². The maximum atomic E-state index is 12.1. The summed E-state index contributed by atoms with van der Waals surface area (Å²) in [5.74, 6) is -0.189. The van der Waals surface area contributed by atoms with Crippen molar-refractivity contribution in [3.05, 3.63) is 30.1 Å². The van der Waals surface area contributed by atoms with Crippen LogP contribution in [-0.4, -0.2) is 47.9 Å². The summed E-state index contributed by atoms with van der Waals surface area (Å²) in [5.41, 5.74) is 6.85. The Morgan fingerprint density at radius 2 is 2.22 bits per heavy atom. The molecule has 2 amide bonds. The Kier molecular flexibility index (Phi) is 6.52. The predicted octanol–water partition coefficient (Wildman–Crippen LogP) is 0.716. The first-order valence-corrected chi connectivity index (χ1v) is 8.23. The van der Waals surface area contributed by atoms with Crippen LogP contribution in [0.2, 0.25) is 0 Å². The lowest BCUT2D eigenvalue weighted by molar-refractivity contribution is -0.133. The lowest BCUT2D eigenvalue weighted by Gasteiger charge is -2.26. The van der Waals surface area contributed by atoms with Gasteiger partial charge in [0.25, 0.3) is 0 Å². The third-order valence-electron chi connectivity index (χ3n) is 4.35. The number of amides is 2. The molecule has 23 heavy (non-hydrogen) atoms. The highest BCUT2D eigenvalue weighted by molar-refractivity contribution is 5.85. The van der Waals surface area contributed by atoms with E-state index in [1.807, 2.05) is 18.2 Å². The van der Waals surface area contributed by atoms with Gasteiger partial charge in [-0.2, -0.15) is 0 Å². The van der Waals surface area contributed by atoms with Gasteiger partial charge in [0.2, 0.25) is 11.8 Å². The van der Waals surface area contributed by atoms with Crippen LogP contribution in [0.15, 0.2) is 24.4 Å². The third-order valence-corrected chi connectivity index (χ3v) is 4.35. The molecule has 126 valence electrons. The number of hydrogen-bond acceptors (Lipinski definition) is 4. The molecule has 1 aliphatic rings. The van der Waals surface area contributed by atoms with E-state index in [-0.39, 0.29) is 30.3 Å². The number of rotatable bonds is 6. The standard InChI is InChI=1S/C17H26N4O2/c1-21(10-8-15-7-2-3-9-19-15)16(22)12-20-17(23)13-5-4-6-14(18)11-13/h2-3,7,9,13-14H,4-6,8,10-12,18H2,1H3,(H,20,23). The van der Waals surface area contributed by atoms with Crippen molar-refractivity contribution in [1.29, 1.82) is 0 Å². The summed E-state index contributed by atoms with van der Waals surface area (Å²) >= 11 is 0. The van der Waals surface area contributed by atoms with Crippen LogP contribution in [0.3, 0.4) is 0 Å². The number of nitrogens with zero attached hydrogens (tertiary/aromatic N) is 2. The number of nitrogens with one attached hydrogen (secondary N) is 1. The van der Waals surface area contributed by atoms with Gasteiger partial charge in [0, 0.05) is 43.9 Å². The molecule has 1 aromatic heterocycles. The van der Waals surface area contributed by atoms with Crippen LogP contribution in [0.4, 0.5) is 0 Å². The van der Waals surface area contributed by atoms with E-state index in [2.05, 4.69) is 10.3 Å². The fourth-order valence-corrected chi connectivity index (χ4v) is 2.86. The molecule has 1 heterocycles. The van der Waals surface area contributed by atoms with Crippen molar-refractivity contribution in [2.45, 2.75) is 38.1 Å². The summed E-state index contributed by atoms with van der Waals surface area (Å²) in [6.45, 7) is 0.628. The fourth-order valence-electron chi connectivity index (χ4n) is 2.86. The van der Waals surface area contributed by atoms with Crippen molar-refractivity contribution >= 4 is 11.8 Å². The lowest BCUT2D eigenvalue weighted by atomic mass is 9.85. The number of nitrogens with two attached hydrogens (primary N) is 1. The summed E-state index contributed by atoms with van der Waals surface area (Å²) in [5, 5.41) is 2.75. The van der Waals surface area contributed by atoms with E-state index in [0.29, 0.717) is 13.0 Å². The largest absolute Gasteiger partial charge is 0.347 e. The Bertz CT molecular complexity index is 521. The summed E-state index contributed by atoms with van der Waals surface area (Å²) in [7, 11) is 1.74. The van der Waals surface area contributed by atoms with Crippen molar-refractivity contribution in [2.24, 2.45) is 11.7 Å². The van der Waals surface area contributed by atoms with Crippen LogP contribution in [0.1, 0.15) is 31.4 Å². The maximum Gasteiger partial charge on any atom is 0.241 e. The van der Waals surface area contributed by atoms with Gasteiger partial charge in [-0.25, -0.2) is 0 Å². The van der Waals surface area contributed by atoms with Gasteiger partial charge in [-0.05, 0) is 31.4 Å². The zero-order chi connectivity index (χ0) is 16.7. The van der Waals surface area contributed by atoms with Gasteiger partial charge in [-0.3, -0.25) is 14.6 Å². The number of aromatic nitrogens is 1. The molecule has 2 unspecified atom stereocenters. The minimum Gasteiger partial charge on any atom is -0.347 e. The molecule has 0 spiro atoms. The van der Waals surface area contributed by atoms with E-state index in [1.54, 1.807) is 18.1 Å². The van der Waals surface area contributed by atoms with Crippen LogP contribution in [0.5, 0.6) is 0 Å². The third kappa shape index (κ3) is 5.63. The minimum absolute atomic E-state index is 0.0449. The lowest BCUT2D eigenvalue weighted by Crippen LogP contribution is -2.43. The van der Waals surface area contributed by atoms with Crippen LogP contribution in [0, 0.1) is 5.92 Å². The second-order valence-corrected chi connectivity index (χ2v) is 6.23. The quantitative estimate of drug-likeness (QED) is 0.809. The average molecular weight is 318 g/mol. The topological polar surface area (TPSA) is 88.3 Å². The summed E-state index contributed by atoms with van der Waals surface area (Å²) in [6.07, 6.45) is 6.00. The first-order valence-electron chi connectivity index (χ1n) is 8.23. The maximum absolute atomic E-state index is 12.1. The van der Waals surface area contributed by atoms with Crippen molar-refractivity contribution in [2.75, 3.05) is 20.1 Å². The molecule has 1 aliphatic carbocycles. The van der Waals surface area contributed by atoms with Crippen LogP contribution < -0.4 is 11.1 Å². The Hall–Kier alpha value is -1.95. The highest BCUT2D eigenvalue weighted by atomic mass is 16.2. The van der Waals surface area contributed by atoms with E-state index in [0.717, 1.165) is 31.4 Å². The van der Waals surface area contributed by atoms with Gasteiger partial charge < -0.3 is 16.0 Å². The van der Waals surface area contributed by atoms with Crippen molar-refractivity contribution in [3.63, 3.8) is 0 Å². The molecular formula is C17H26N4O2. The first kappa shape index (κ1) is 17.4. The number of pyridine rings is 1. The zero-order valence-electron chi connectivity index (χ0n) is 13.7. The fraction of sp³-hybridized carbons (Fsp3) is 0.588. The zero-order valence-corrected chi connectivity index (χ0v) is 13.7. The van der Waals surface area contributed by atoms with Crippen molar-refractivity contribution < 1.29 is 9.59 Å². The van der Waals surface area contributed by atoms with Crippen LogP contribution in [-0.2, 0) is 16.0 Å². The summed E-state index contributed by atoms with van der Waals surface area (Å²) in [6, 6.07) is 5.84. The smallest absolute Gasteiger partial charge is 0.241 e.